The maximum absolute atomic E-state index is 11.8. The predicted molar refractivity (Wildman–Crippen MR) is 93.1 cm³/mol. The lowest BCUT2D eigenvalue weighted by molar-refractivity contribution is 0.00864. The molecule has 4 rings (SSSR count). The molecule has 8 heteroatoms. The molecule has 25 heavy (non-hydrogen) atoms. The van der Waals surface area contributed by atoms with E-state index in [1.807, 2.05) is 6.07 Å². The standard InChI is InChI=1S/C17H23BN2O5/c1-10-4-18-25-15-12(10)2-3-13(14(15)16(22)23)24-11-5-20(6-11)8-17(9-21)7-19-17/h2-3,10-11,18-19,21H,4-9H2,1H3,(H,22,23)/t10-,17?/m0/s1. The number of hydrogen-bond donors (Lipinski definition) is 3. The summed E-state index contributed by atoms with van der Waals surface area (Å²) in [4.78, 5) is 14.0. The summed E-state index contributed by atoms with van der Waals surface area (Å²) in [6.45, 7) is 5.32. The fourth-order valence-corrected chi connectivity index (χ4v) is 3.65. The molecule has 3 aliphatic heterocycles. The minimum absolute atomic E-state index is 0.0355. The highest BCUT2D eigenvalue weighted by Crippen LogP contribution is 2.41. The fourth-order valence-electron chi connectivity index (χ4n) is 3.65. The number of hydrogen-bond acceptors (Lipinski definition) is 6. The van der Waals surface area contributed by atoms with Gasteiger partial charge in [-0.3, -0.25) is 4.90 Å². The number of aromatic carboxylic acids is 1. The first-order valence-electron chi connectivity index (χ1n) is 8.79. The minimum Gasteiger partial charge on any atom is -0.563 e. The number of benzene rings is 1. The number of carboxylic acids is 1. The van der Waals surface area contributed by atoms with Crippen molar-refractivity contribution in [3.8, 4) is 11.5 Å². The van der Waals surface area contributed by atoms with E-state index in [0.717, 1.165) is 38.1 Å². The number of fused-ring (bicyclic) bond motifs is 1. The van der Waals surface area contributed by atoms with Crippen molar-refractivity contribution in [2.24, 2.45) is 0 Å². The molecule has 3 N–H and O–H groups in total. The highest BCUT2D eigenvalue weighted by molar-refractivity contribution is 6.29. The number of carboxylic acid groups (broad SMARTS) is 1. The van der Waals surface area contributed by atoms with Gasteiger partial charge >= 0.3 is 13.5 Å². The van der Waals surface area contributed by atoms with Crippen LogP contribution in [-0.2, 0) is 0 Å². The van der Waals surface area contributed by atoms with Crippen molar-refractivity contribution >= 4 is 13.5 Å². The van der Waals surface area contributed by atoms with Gasteiger partial charge in [0.05, 0.1) is 12.1 Å². The summed E-state index contributed by atoms with van der Waals surface area (Å²) >= 11 is 0. The highest BCUT2D eigenvalue weighted by atomic mass is 16.5. The number of aliphatic hydroxyl groups is 1. The fraction of sp³-hybridized carbons (Fsp3) is 0.588. The maximum atomic E-state index is 11.8. The zero-order chi connectivity index (χ0) is 17.6. The molecule has 2 fully saturated rings. The molecule has 134 valence electrons. The van der Waals surface area contributed by atoms with E-state index in [-0.39, 0.29) is 29.7 Å². The third kappa shape index (κ3) is 3.10. The van der Waals surface area contributed by atoms with E-state index in [1.54, 1.807) is 6.07 Å². The zero-order valence-corrected chi connectivity index (χ0v) is 14.3. The molecule has 1 unspecified atom stereocenters. The number of nitrogens with zero attached hydrogens (tertiary/aromatic N) is 1. The Morgan fingerprint density at radius 2 is 2.28 bits per heavy atom. The second-order valence-electron chi connectivity index (χ2n) is 7.43. The van der Waals surface area contributed by atoms with Crippen molar-refractivity contribution in [1.82, 2.24) is 10.2 Å². The molecule has 2 atom stereocenters. The maximum Gasteiger partial charge on any atom is 0.343 e. The molecule has 3 heterocycles. The molecular weight excluding hydrogens is 323 g/mol. The van der Waals surface area contributed by atoms with Crippen molar-refractivity contribution in [2.75, 3.05) is 32.8 Å². The Balaban J connectivity index is 1.45. The van der Waals surface area contributed by atoms with Gasteiger partial charge in [0.1, 0.15) is 23.2 Å². The molecule has 1 aromatic rings. The molecule has 7 nitrogen and oxygen atoms in total. The van der Waals surface area contributed by atoms with E-state index in [9.17, 15) is 15.0 Å². The minimum atomic E-state index is -1.02. The summed E-state index contributed by atoms with van der Waals surface area (Å²) in [6.07, 6.45) is 0.858. The van der Waals surface area contributed by atoms with Gasteiger partial charge in [-0.25, -0.2) is 4.79 Å². The number of carbonyl (C=O) groups is 1. The summed E-state index contributed by atoms with van der Waals surface area (Å²) in [5, 5.41) is 22.2. The lowest BCUT2D eigenvalue weighted by atomic mass is 9.78. The van der Waals surface area contributed by atoms with Gasteiger partial charge in [-0.05, 0) is 23.9 Å². The van der Waals surface area contributed by atoms with E-state index in [2.05, 4.69) is 17.1 Å². The van der Waals surface area contributed by atoms with Crippen LogP contribution in [-0.4, -0.2) is 73.0 Å². The molecule has 2 saturated heterocycles. The van der Waals surface area contributed by atoms with Gasteiger partial charge in [0.2, 0.25) is 0 Å². The highest BCUT2D eigenvalue weighted by Gasteiger charge is 2.45. The number of likely N-dealkylation sites (tertiary alicyclic amines) is 1. The second kappa shape index (κ2) is 6.19. The smallest absolute Gasteiger partial charge is 0.343 e. The first-order valence-corrected chi connectivity index (χ1v) is 8.79. The zero-order valence-electron chi connectivity index (χ0n) is 14.3. The van der Waals surface area contributed by atoms with E-state index in [0.29, 0.717) is 19.0 Å². The van der Waals surface area contributed by atoms with E-state index >= 15 is 0 Å². The number of rotatable bonds is 6. The first-order chi connectivity index (χ1) is 12.0. The topological polar surface area (TPSA) is 101 Å². The average molecular weight is 346 g/mol. The van der Waals surface area contributed by atoms with Crippen molar-refractivity contribution in [2.45, 2.75) is 30.8 Å². The molecule has 0 aliphatic carbocycles. The number of nitrogens with one attached hydrogen (secondary N) is 1. The van der Waals surface area contributed by atoms with Crippen LogP contribution in [0.5, 0.6) is 11.5 Å². The van der Waals surface area contributed by atoms with Gasteiger partial charge in [0, 0.05) is 26.2 Å². The van der Waals surface area contributed by atoms with Crippen LogP contribution < -0.4 is 14.7 Å². The Morgan fingerprint density at radius 1 is 1.52 bits per heavy atom. The largest absolute Gasteiger partial charge is 0.563 e. The van der Waals surface area contributed by atoms with Crippen molar-refractivity contribution in [3.63, 3.8) is 0 Å². The van der Waals surface area contributed by atoms with Gasteiger partial charge in [-0.15, -0.1) is 0 Å². The van der Waals surface area contributed by atoms with E-state index in [1.165, 1.54) is 0 Å². The van der Waals surface area contributed by atoms with Gasteiger partial charge in [0.15, 0.2) is 0 Å². The molecule has 3 aliphatic rings. The lowest BCUT2D eigenvalue weighted by Crippen LogP contribution is -2.57. The van der Waals surface area contributed by atoms with Crippen LogP contribution in [0, 0.1) is 0 Å². The SMILES string of the molecule is C[C@H]1CBOc2c1ccc(OC1CN(CC3(CO)CN3)C1)c2C(=O)O. The Labute approximate surface area is 147 Å². The van der Waals surface area contributed by atoms with Crippen LogP contribution in [0.4, 0.5) is 0 Å². The number of ether oxygens (including phenoxy) is 1. The Hall–Kier alpha value is -1.77. The normalized spacial score (nSPS) is 28.3. The summed E-state index contributed by atoms with van der Waals surface area (Å²) in [7, 11) is 0.533. The van der Waals surface area contributed by atoms with E-state index in [4.69, 9.17) is 9.39 Å². The quantitative estimate of drug-likeness (QED) is 0.494. The lowest BCUT2D eigenvalue weighted by Gasteiger charge is -2.40. The Morgan fingerprint density at radius 3 is 2.92 bits per heavy atom. The first kappa shape index (κ1) is 16.7. The van der Waals surface area contributed by atoms with Crippen LogP contribution in [0.3, 0.4) is 0 Å². The molecular formula is C17H23BN2O5. The van der Waals surface area contributed by atoms with Crippen molar-refractivity contribution in [1.29, 1.82) is 0 Å². The molecule has 0 radical (unpaired) electrons. The van der Waals surface area contributed by atoms with Crippen LogP contribution in [0.1, 0.15) is 28.8 Å². The van der Waals surface area contributed by atoms with Crippen LogP contribution >= 0.6 is 0 Å². The van der Waals surface area contributed by atoms with Gasteiger partial charge in [-0.2, -0.15) is 0 Å². The molecule has 0 amide bonds. The van der Waals surface area contributed by atoms with Crippen molar-refractivity contribution < 1.29 is 24.4 Å². The van der Waals surface area contributed by atoms with Gasteiger partial charge < -0.3 is 24.9 Å². The molecule has 0 aromatic heterocycles. The van der Waals surface area contributed by atoms with Crippen molar-refractivity contribution in [3.05, 3.63) is 23.3 Å². The van der Waals surface area contributed by atoms with Crippen LogP contribution in [0.25, 0.3) is 0 Å². The van der Waals surface area contributed by atoms with Crippen LogP contribution in [0.2, 0.25) is 6.32 Å². The van der Waals surface area contributed by atoms with Crippen LogP contribution in [0.15, 0.2) is 12.1 Å². The van der Waals surface area contributed by atoms with E-state index < -0.39 is 5.97 Å². The van der Waals surface area contributed by atoms with Gasteiger partial charge in [0.25, 0.3) is 0 Å². The van der Waals surface area contributed by atoms with Gasteiger partial charge in [-0.1, -0.05) is 13.0 Å². The Bertz CT molecular complexity index is 688. The molecule has 0 bridgehead atoms. The summed E-state index contributed by atoms with van der Waals surface area (Å²) in [6, 6.07) is 3.68. The Kier molecular flexibility index (Phi) is 4.13. The average Bonchev–Trinajstić information content (AvgIpc) is 3.32. The predicted octanol–water partition coefficient (Wildman–Crippen LogP) is 0.0478. The summed E-state index contributed by atoms with van der Waals surface area (Å²) in [5.41, 5.74) is 0.932. The molecule has 1 aromatic carbocycles. The number of aliphatic hydroxyl groups excluding tert-OH is 1. The summed E-state index contributed by atoms with van der Waals surface area (Å²) < 4.78 is 11.6. The third-order valence-corrected chi connectivity index (χ3v) is 5.41. The molecule has 0 spiro atoms. The molecule has 0 saturated carbocycles. The monoisotopic (exact) mass is 346 g/mol. The summed E-state index contributed by atoms with van der Waals surface area (Å²) in [5.74, 6) is 0.113. The third-order valence-electron chi connectivity index (χ3n) is 5.41. The second-order valence-corrected chi connectivity index (χ2v) is 7.43.